The Morgan fingerprint density at radius 1 is 0.906 bits per heavy atom. The van der Waals surface area contributed by atoms with Gasteiger partial charge in [-0.15, -0.1) is 0 Å². The zero-order valence-corrected chi connectivity index (χ0v) is 18.0. The quantitative estimate of drug-likeness (QED) is 0.526. The topological polar surface area (TPSA) is 103 Å². The predicted octanol–water partition coefficient (Wildman–Crippen LogP) is 3.16. The highest BCUT2D eigenvalue weighted by molar-refractivity contribution is 6.04. The van der Waals surface area contributed by atoms with E-state index in [1.807, 2.05) is 36.4 Å². The largest absolute Gasteiger partial charge is 0.497 e. The second-order valence-electron chi connectivity index (χ2n) is 6.93. The van der Waals surface area contributed by atoms with Gasteiger partial charge in [-0.25, -0.2) is 0 Å². The second kappa shape index (κ2) is 10.3. The van der Waals surface area contributed by atoms with Crippen LogP contribution < -0.4 is 20.1 Å². The van der Waals surface area contributed by atoms with Crippen LogP contribution in [0.5, 0.6) is 11.5 Å². The Bertz CT molecular complexity index is 1120. The number of fused-ring (bicyclic) bond motifs is 1. The predicted molar refractivity (Wildman–Crippen MR) is 120 cm³/mol. The first kappa shape index (κ1) is 22.6. The zero-order valence-electron chi connectivity index (χ0n) is 18.0. The monoisotopic (exact) mass is 436 g/mol. The van der Waals surface area contributed by atoms with Crippen LogP contribution >= 0.6 is 0 Å². The molecule has 0 aliphatic heterocycles. The highest BCUT2D eigenvalue weighted by Crippen LogP contribution is 2.24. The average Bonchev–Trinajstić information content (AvgIpc) is 2.82. The van der Waals surface area contributed by atoms with Gasteiger partial charge >= 0.3 is 5.97 Å². The molecule has 8 heteroatoms. The van der Waals surface area contributed by atoms with Crippen LogP contribution in [0, 0.1) is 0 Å². The Balaban J connectivity index is 1.55. The number of amides is 2. The summed E-state index contributed by atoms with van der Waals surface area (Å²) in [5.74, 6) is -0.842. The molecular formula is C24H24N2O6. The lowest BCUT2D eigenvalue weighted by Gasteiger charge is -2.15. The number of rotatable bonds is 8. The van der Waals surface area contributed by atoms with Crippen molar-refractivity contribution in [3.63, 3.8) is 0 Å². The van der Waals surface area contributed by atoms with Crippen molar-refractivity contribution in [2.24, 2.45) is 0 Å². The van der Waals surface area contributed by atoms with E-state index in [4.69, 9.17) is 14.2 Å². The van der Waals surface area contributed by atoms with Crippen LogP contribution in [0.4, 0.5) is 5.69 Å². The molecular weight excluding hydrogens is 412 g/mol. The number of benzene rings is 3. The van der Waals surface area contributed by atoms with Gasteiger partial charge in [0.05, 0.1) is 14.2 Å². The van der Waals surface area contributed by atoms with Crippen molar-refractivity contribution in [2.75, 3.05) is 26.1 Å². The molecule has 2 amide bonds. The Morgan fingerprint density at radius 2 is 1.56 bits per heavy atom. The van der Waals surface area contributed by atoms with E-state index in [0.717, 1.165) is 10.8 Å². The van der Waals surface area contributed by atoms with Crippen molar-refractivity contribution < 1.29 is 28.6 Å². The maximum absolute atomic E-state index is 12.5. The van der Waals surface area contributed by atoms with Crippen molar-refractivity contribution in [1.82, 2.24) is 5.32 Å². The summed E-state index contributed by atoms with van der Waals surface area (Å²) in [4.78, 5) is 37.0. The van der Waals surface area contributed by atoms with E-state index in [1.54, 1.807) is 12.1 Å². The van der Waals surface area contributed by atoms with Crippen LogP contribution in [0.15, 0.2) is 60.7 Å². The van der Waals surface area contributed by atoms with Gasteiger partial charge < -0.3 is 24.8 Å². The standard InChI is InChI=1S/C24H24N2O6/c1-15(23(28)26-21-10-6-8-16-7-4-5-9-20(16)21)32-22(27)14-25-24(29)17-11-18(30-2)13-19(12-17)31-3/h4-13,15H,14H2,1-3H3,(H,25,29)(H,26,28). The molecule has 0 radical (unpaired) electrons. The minimum absolute atomic E-state index is 0.260. The van der Waals surface area contributed by atoms with Crippen LogP contribution in [-0.2, 0) is 14.3 Å². The van der Waals surface area contributed by atoms with Crippen LogP contribution in [0.2, 0.25) is 0 Å². The molecule has 32 heavy (non-hydrogen) atoms. The molecule has 3 rings (SSSR count). The third-order valence-corrected chi connectivity index (χ3v) is 4.73. The van der Waals surface area contributed by atoms with E-state index in [2.05, 4.69) is 10.6 Å². The highest BCUT2D eigenvalue weighted by atomic mass is 16.5. The fourth-order valence-electron chi connectivity index (χ4n) is 3.05. The summed E-state index contributed by atoms with van der Waals surface area (Å²) >= 11 is 0. The van der Waals surface area contributed by atoms with Gasteiger partial charge in [-0.05, 0) is 30.5 Å². The first-order chi connectivity index (χ1) is 15.4. The van der Waals surface area contributed by atoms with Gasteiger partial charge in [-0.1, -0.05) is 36.4 Å². The zero-order chi connectivity index (χ0) is 23.1. The van der Waals surface area contributed by atoms with Gasteiger partial charge in [-0.2, -0.15) is 0 Å². The summed E-state index contributed by atoms with van der Waals surface area (Å²) in [7, 11) is 2.94. The van der Waals surface area contributed by atoms with E-state index in [9.17, 15) is 14.4 Å². The lowest BCUT2D eigenvalue weighted by Crippen LogP contribution is -2.35. The molecule has 1 atom stereocenters. The number of ether oxygens (including phenoxy) is 3. The molecule has 0 spiro atoms. The fourth-order valence-corrected chi connectivity index (χ4v) is 3.05. The third-order valence-electron chi connectivity index (χ3n) is 4.73. The minimum atomic E-state index is -1.05. The Kier molecular flexibility index (Phi) is 7.28. The minimum Gasteiger partial charge on any atom is -0.497 e. The molecule has 3 aromatic carbocycles. The highest BCUT2D eigenvalue weighted by Gasteiger charge is 2.19. The third kappa shape index (κ3) is 5.54. The van der Waals surface area contributed by atoms with Gasteiger partial charge in [0.1, 0.15) is 18.0 Å². The summed E-state index contributed by atoms with van der Waals surface area (Å²) in [6.45, 7) is 1.07. The molecule has 0 saturated carbocycles. The van der Waals surface area contributed by atoms with Crippen molar-refractivity contribution in [3.05, 3.63) is 66.2 Å². The molecule has 166 valence electrons. The maximum Gasteiger partial charge on any atom is 0.326 e. The number of esters is 1. The normalized spacial score (nSPS) is 11.3. The first-order valence-electron chi connectivity index (χ1n) is 9.90. The Morgan fingerprint density at radius 3 is 2.25 bits per heavy atom. The van der Waals surface area contributed by atoms with Crippen LogP contribution in [-0.4, -0.2) is 44.7 Å². The van der Waals surface area contributed by atoms with Crippen molar-refractivity contribution in [2.45, 2.75) is 13.0 Å². The Hall–Kier alpha value is -4.07. The molecule has 0 aromatic heterocycles. The summed E-state index contributed by atoms with van der Waals surface area (Å²) in [5, 5.41) is 7.09. The summed E-state index contributed by atoms with van der Waals surface area (Å²) in [6.07, 6.45) is -1.05. The molecule has 8 nitrogen and oxygen atoms in total. The molecule has 2 N–H and O–H groups in total. The summed E-state index contributed by atoms with van der Waals surface area (Å²) in [5.41, 5.74) is 0.882. The van der Waals surface area contributed by atoms with Gasteiger partial charge in [0, 0.05) is 22.7 Å². The van der Waals surface area contributed by atoms with E-state index < -0.39 is 30.4 Å². The first-order valence-corrected chi connectivity index (χ1v) is 9.90. The molecule has 0 saturated heterocycles. The molecule has 0 fully saturated rings. The maximum atomic E-state index is 12.5. The van der Waals surface area contributed by atoms with Gasteiger partial charge in [0.2, 0.25) is 0 Å². The number of methoxy groups -OCH3 is 2. The lowest BCUT2D eigenvalue weighted by atomic mass is 10.1. The molecule has 0 bridgehead atoms. The van der Waals surface area contributed by atoms with Gasteiger partial charge in [0.25, 0.3) is 11.8 Å². The van der Waals surface area contributed by atoms with Gasteiger partial charge in [-0.3, -0.25) is 14.4 Å². The molecule has 0 aliphatic rings. The summed E-state index contributed by atoms with van der Waals surface area (Å²) in [6, 6.07) is 17.8. The molecule has 3 aromatic rings. The summed E-state index contributed by atoms with van der Waals surface area (Å²) < 4.78 is 15.4. The van der Waals surface area contributed by atoms with E-state index >= 15 is 0 Å². The molecule has 0 heterocycles. The number of hydrogen-bond acceptors (Lipinski definition) is 6. The molecule has 0 aliphatic carbocycles. The number of nitrogens with one attached hydrogen (secondary N) is 2. The van der Waals surface area contributed by atoms with Crippen LogP contribution in [0.25, 0.3) is 10.8 Å². The van der Waals surface area contributed by atoms with Crippen molar-refractivity contribution >= 4 is 34.2 Å². The van der Waals surface area contributed by atoms with Crippen LogP contribution in [0.1, 0.15) is 17.3 Å². The molecule has 1 unspecified atom stereocenters. The van der Waals surface area contributed by atoms with Crippen molar-refractivity contribution in [1.29, 1.82) is 0 Å². The van der Waals surface area contributed by atoms with E-state index in [1.165, 1.54) is 33.3 Å². The van der Waals surface area contributed by atoms with Crippen LogP contribution in [0.3, 0.4) is 0 Å². The second-order valence-corrected chi connectivity index (χ2v) is 6.93. The average molecular weight is 436 g/mol. The number of carbonyl (C=O) groups is 3. The van der Waals surface area contributed by atoms with Gasteiger partial charge in [0.15, 0.2) is 6.10 Å². The Labute approximate surface area is 185 Å². The number of anilines is 1. The fraction of sp³-hybridized carbons (Fsp3) is 0.208. The van der Waals surface area contributed by atoms with E-state index in [0.29, 0.717) is 17.2 Å². The number of carbonyl (C=O) groups excluding carboxylic acids is 3. The lowest BCUT2D eigenvalue weighted by molar-refractivity contribution is -0.152. The van der Waals surface area contributed by atoms with E-state index in [-0.39, 0.29) is 5.56 Å². The smallest absolute Gasteiger partial charge is 0.326 e. The van der Waals surface area contributed by atoms with Crippen molar-refractivity contribution in [3.8, 4) is 11.5 Å². The SMILES string of the molecule is COc1cc(OC)cc(C(=O)NCC(=O)OC(C)C(=O)Nc2cccc3ccccc23)c1. The number of hydrogen-bond donors (Lipinski definition) is 2.